The zero-order valence-corrected chi connectivity index (χ0v) is 11.8. The van der Waals surface area contributed by atoms with Crippen molar-refractivity contribution in [2.75, 3.05) is 5.32 Å². The average Bonchev–Trinajstić information content (AvgIpc) is 2.10. The molecule has 0 spiro atoms. The van der Waals surface area contributed by atoms with E-state index in [0.29, 0.717) is 10.2 Å². The Morgan fingerprint density at radius 3 is 2.53 bits per heavy atom. The minimum atomic E-state index is -0.554. The Morgan fingerprint density at radius 2 is 2.06 bits per heavy atom. The van der Waals surface area contributed by atoms with E-state index in [1.165, 1.54) is 16.8 Å². The van der Waals surface area contributed by atoms with Crippen LogP contribution in [0.25, 0.3) is 0 Å². The molecule has 0 aromatic carbocycles. The summed E-state index contributed by atoms with van der Waals surface area (Å²) >= 11 is 3.12. The van der Waals surface area contributed by atoms with Gasteiger partial charge < -0.3 is 9.30 Å². The molecule has 0 radical (unpaired) electrons. The van der Waals surface area contributed by atoms with Crippen molar-refractivity contribution in [3.8, 4) is 0 Å². The lowest BCUT2D eigenvalue weighted by molar-refractivity contribution is 0.0636. The standard InChI is InChI=1S/C11H15BrN2O3/c1-11(2,3)17-10(16)13-7-5-8(12)9(15)14(4)6-7/h5-6H,1-4H3,(H,13,16). The van der Waals surface area contributed by atoms with Crippen LogP contribution in [-0.2, 0) is 11.8 Å². The summed E-state index contributed by atoms with van der Waals surface area (Å²) in [5, 5.41) is 2.56. The number of hydrogen-bond donors (Lipinski definition) is 1. The van der Waals surface area contributed by atoms with E-state index in [-0.39, 0.29) is 5.56 Å². The van der Waals surface area contributed by atoms with Crippen LogP contribution in [0.1, 0.15) is 20.8 Å². The highest BCUT2D eigenvalue weighted by molar-refractivity contribution is 9.10. The first kappa shape index (κ1) is 13.8. The summed E-state index contributed by atoms with van der Waals surface area (Å²) < 4.78 is 6.85. The number of hydrogen-bond acceptors (Lipinski definition) is 3. The highest BCUT2D eigenvalue weighted by atomic mass is 79.9. The van der Waals surface area contributed by atoms with E-state index in [9.17, 15) is 9.59 Å². The van der Waals surface area contributed by atoms with Crippen LogP contribution in [0.2, 0.25) is 0 Å². The van der Waals surface area contributed by atoms with Gasteiger partial charge in [-0.3, -0.25) is 10.1 Å². The normalized spacial score (nSPS) is 11.1. The monoisotopic (exact) mass is 302 g/mol. The lowest BCUT2D eigenvalue weighted by Gasteiger charge is -2.19. The van der Waals surface area contributed by atoms with Gasteiger partial charge in [-0.25, -0.2) is 4.79 Å². The summed E-state index contributed by atoms with van der Waals surface area (Å²) in [5.74, 6) is 0. The van der Waals surface area contributed by atoms with Gasteiger partial charge in [0.15, 0.2) is 0 Å². The maximum absolute atomic E-state index is 11.5. The van der Waals surface area contributed by atoms with E-state index in [0.717, 1.165) is 0 Å². The average molecular weight is 303 g/mol. The van der Waals surface area contributed by atoms with E-state index >= 15 is 0 Å². The van der Waals surface area contributed by atoms with Gasteiger partial charge in [0.05, 0.1) is 10.2 Å². The van der Waals surface area contributed by atoms with Gasteiger partial charge in [-0.1, -0.05) is 0 Å². The SMILES string of the molecule is Cn1cc(NC(=O)OC(C)(C)C)cc(Br)c1=O. The van der Waals surface area contributed by atoms with Crippen LogP contribution in [-0.4, -0.2) is 16.3 Å². The number of aromatic nitrogens is 1. The Labute approximate surface area is 108 Å². The van der Waals surface area contributed by atoms with Crippen molar-refractivity contribution in [1.82, 2.24) is 4.57 Å². The number of carbonyl (C=O) groups excluding carboxylic acids is 1. The molecule has 0 atom stereocenters. The lowest BCUT2D eigenvalue weighted by atomic mass is 10.2. The van der Waals surface area contributed by atoms with Crippen LogP contribution in [0.3, 0.4) is 0 Å². The van der Waals surface area contributed by atoms with Crippen molar-refractivity contribution in [2.24, 2.45) is 7.05 Å². The third-order valence-corrected chi connectivity index (χ3v) is 2.35. The van der Waals surface area contributed by atoms with Crippen LogP contribution in [0.4, 0.5) is 10.5 Å². The molecule has 5 nitrogen and oxygen atoms in total. The Bertz CT molecular complexity index is 462. The first-order valence-electron chi connectivity index (χ1n) is 5.05. The summed E-state index contributed by atoms with van der Waals surface area (Å²) in [5.41, 5.74) is -0.227. The van der Waals surface area contributed by atoms with Crippen LogP contribution < -0.4 is 10.9 Å². The summed E-state index contributed by atoms with van der Waals surface area (Å²) in [6, 6.07) is 1.53. The van der Waals surface area contributed by atoms with Crippen molar-refractivity contribution < 1.29 is 9.53 Å². The van der Waals surface area contributed by atoms with Gasteiger partial charge in [-0.15, -0.1) is 0 Å². The molecule has 0 aliphatic heterocycles. The van der Waals surface area contributed by atoms with Gasteiger partial charge in [0.2, 0.25) is 0 Å². The minimum absolute atomic E-state index is 0.167. The van der Waals surface area contributed by atoms with Gasteiger partial charge in [0.25, 0.3) is 5.56 Å². The smallest absolute Gasteiger partial charge is 0.412 e. The largest absolute Gasteiger partial charge is 0.444 e. The fourth-order valence-electron chi connectivity index (χ4n) is 1.16. The predicted octanol–water partition coefficient (Wildman–Crippen LogP) is 2.49. The van der Waals surface area contributed by atoms with Crippen LogP contribution in [0.5, 0.6) is 0 Å². The van der Waals surface area contributed by atoms with E-state index in [2.05, 4.69) is 21.2 Å². The molecule has 1 amide bonds. The molecule has 17 heavy (non-hydrogen) atoms. The first-order valence-corrected chi connectivity index (χ1v) is 5.84. The number of anilines is 1. The topological polar surface area (TPSA) is 60.3 Å². The van der Waals surface area contributed by atoms with Gasteiger partial charge in [0, 0.05) is 13.2 Å². The highest BCUT2D eigenvalue weighted by Gasteiger charge is 2.16. The highest BCUT2D eigenvalue weighted by Crippen LogP contribution is 2.13. The fraction of sp³-hybridized carbons (Fsp3) is 0.455. The molecular formula is C11H15BrN2O3. The molecule has 0 aliphatic carbocycles. The first-order chi connectivity index (χ1) is 7.69. The summed E-state index contributed by atoms with van der Waals surface area (Å²) in [7, 11) is 1.60. The summed E-state index contributed by atoms with van der Waals surface area (Å²) in [4.78, 5) is 22.9. The zero-order chi connectivity index (χ0) is 13.2. The fourth-order valence-corrected chi connectivity index (χ4v) is 1.69. The number of ether oxygens (including phenoxy) is 1. The molecular weight excluding hydrogens is 288 g/mol. The third kappa shape index (κ3) is 4.22. The number of carbonyl (C=O) groups is 1. The summed E-state index contributed by atoms with van der Waals surface area (Å²) in [6.07, 6.45) is 0.972. The maximum Gasteiger partial charge on any atom is 0.412 e. The number of rotatable bonds is 1. The third-order valence-electron chi connectivity index (χ3n) is 1.78. The van der Waals surface area contributed by atoms with Gasteiger partial charge in [0.1, 0.15) is 5.60 Å². The molecule has 1 aromatic heterocycles. The molecule has 1 aromatic rings. The van der Waals surface area contributed by atoms with Crippen molar-refractivity contribution >= 4 is 27.7 Å². The lowest BCUT2D eigenvalue weighted by Crippen LogP contribution is -2.28. The van der Waals surface area contributed by atoms with Gasteiger partial charge in [-0.2, -0.15) is 0 Å². The molecule has 0 fully saturated rings. The van der Waals surface area contributed by atoms with Crippen molar-refractivity contribution in [3.05, 3.63) is 27.1 Å². The molecule has 0 unspecified atom stereocenters. The molecule has 1 N–H and O–H groups in total. The van der Waals surface area contributed by atoms with E-state index in [1.807, 2.05) is 0 Å². The molecule has 0 aliphatic rings. The Balaban J connectivity index is 2.83. The molecule has 0 saturated carbocycles. The molecule has 94 valence electrons. The van der Waals surface area contributed by atoms with E-state index in [4.69, 9.17) is 4.74 Å². The maximum atomic E-state index is 11.5. The van der Waals surface area contributed by atoms with E-state index < -0.39 is 11.7 Å². The van der Waals surface area contributed by atoms with Crippen molar-refractivity contribution in [1.29, 1.82) is 0 Å². The second-order valence-corrected chi connectivity index (χ2v) is 5.47. The van der Waals surface area contributed by atoms with Crippen molar-refractivity contribution in [2.45, 2.75) is 26.4 Å². The second-order valence-electron chi connectivity index (χ2n) is 4.62. The van der Waals surface area contributed by atoms with Crippen LogP contribution in [0, 0.1) is 0 Å². The van der Waals surface area contributed by atoms with Crippen molar-refractivity contribution in [3.63, 3.8) is 0 Å². The van der Waals surface area contributed by atoms with E-state index in [1.54, 1.807) is 27.8 Å². The number of halogens is 1. The number of amides is 1. The molecule has 0 bridgehead atoms. The van der Waals surface area contributed by atoms with Gasteiger partial charge in [-0.05, 0) is 42.8 Å². The molecule has 1 heterocycles. The molecule has 1 rings (SSSR count). The van der Waals surface area contributed by atoms with Crippen LogP contribution in [0.15, 0.2) is 21.5 Å². The molecule has 6 heteroatoms. The molecule has 0 saturated heterocycles. The van der Waals surface area contributed by atoms with Crippen LogP contribution >= 0.6 is 15.9 Å². The minimum Gasteiger partial charge on any atom is -0.444 e. The quantitative estimate of drug-likeness (QED) is 0.867. The number of pyridine rings is 1. The Hall–Kier alpha value is -1.30. The number of nitrogens with one attached hydrogen (secondary N) is 1. The van der Waals surface area contributed by atoms with Gasteiger partial charge >= 0.3 is 6.09 Å². The Morgan fingerprint density at radius 1 is 1.47 bits per heavy atom. The Kier molecular flexibility index (Phi) is 3.98. The number of nitrogens with zero attached hydrogens (tertiary/aromatic N) is 1. The number of aryl methyl sites for hydroxylation is 1. The summed E-state index contributed by atoms with van der Waals surface area (Å²) in [6.45, 7) is 5.34. The zero-order valence-electron chi connectivity index (χ0n) is 10.2. The second kappa shape index (κ2) is 4.91. The predicted molar refractivity (Wildman–Crippen MR) is 69.2 cm³/mol.